The third-order valence-corrected chi connectivity index (χ3v) is 2.54. The summed E-state index contributed by atoms with van der Waals surface area (Å²) < 4.78 is 6.04. The van der Waals surface area contributed by atoms with Crippen LogP contribution < -0.4 is 11.4 Å². The van der Waals surface area contributed by atoms with Crippen LogP contribution in [0.25, 0.3) is 0 Å². The number of rotatable bonds is 2. The minimum atomic E-state index is -1.35. The molecular formula is C8H14N4O6. The lowest BCUT2D eigenvalue weighted by Gasteiger charge is -2.16. The third kappa shape index (κ3) is 2.32. The number of hydrogen-bond donors (Lipinski definition) is 4. The van der Waals surface area contributed by atoms with Gasteiger partial charge >= 0.3 is 5.69 Å². The molecule has 4 atom stereocenters. The first-order valence-electron chi connectivity index (χ1n) is 4.87. The van der Waals surface area contributed by atoms with Crippen LogP contribution in [0, 0.1) is 0 Å². The highest BCUT2D eigenvalue weighted by molar-refractivity contribution is 5.10. The molecule has 18 heavy (non-hydrogen) atoms. The van der Waals surface area contributed by atoms with Gasteiger partial charge in [-0.2, -0.15) is 4.98 Å². The van der Waals surface area contributed by atoms with E-state index in [9.17, 15) is 15.0 Å². The first-order chi connectivity index (χ1) is 8.04. The van der Waals surface area contributed by atoms with Crippen molar-refractivity contribution in [2.24, 2.45) is 0 Å². The summed E-state index contributed by atoms with van der Waals surface area (Å²) in [5.41, 5.74) is 4.46. The van der Waals surface area contributed by atoms with Gasteiger partial charge in [-0.1, -0.05) is 0 Å². The number of anilines is 1. The molecule has 2 rings (SSSR count). The molecule has 7 N–H and O–H groups in total. The van der Waals surface area contributed by atoms with E-state index in [-0.39, 0.29) is 11.4 Å². The van der Waals surface area contributed by atoms with Crippen molar-refractivity contribution < 1.29 is 25.5 Å². The molecular weight excluding hydrogens is 248 g/mol. The van der Waals surface area contributed by atoms with Crippen LogP contribution in [0.3, 0.4) is 0 Å². The molecule has 0 radical (unpaired) electrons. The van der Waals surface area contributed by atoms with Crippen LogP contribution in [0.2, 0.25) is 0 Å². The summed E-state index contributed by atoms with van der Waals surface area (Å²) >= 11 is 0. The number of aromatic nitrogens is 3. The molecule has 1 aromatic rings. The van der Waals surface area contributed by atoms with E-state index in [0.29, 0.717) is 0 Å². The SMILES string of the molecule is Nc1ncn([C@@H]2O[C@H](CO)[C@@H](O)[C@H]2O)c(=O)n1.O. The van der Waals surface area contributed by atoms with Gasteiger partial charge < -0.3 is 31.3 Å². The summed E-state index contributed by atoms with van der Waals surface area (Å²) in [4.78, 5) is 18.4. The molecule has 102 valence electrons. The fourth-order valence-electron chi connectivity index (χ4n) is 1.64. The Kier molecular flexibility index (Phi) is 4.32. The summed E-state index contributed by atoms with van der Waals surface area (Å²) in [5, 5.41) is 28.1. The van der Waals surface area contributed by atoms with E-state index in [1.54, 1.807) is 0 Å². The molecule has 0 bridgehead atoms. The average Bonchev–Trinajstić information content (AvgIpc) is 2.57. The summed E-state index contributed by atoms with van der Waals surface area (Å²) in [7, 11) is 0. The third-order valence-electron chi connectivity index (χ3n) is 2.54. The number of ether oxygens (including phenoxy) is 1. The van der Waals surface area contributed by atoms with E-state index in [1.807, 2.05) is 0 Å². The predicted octanol–water partition coefficient (Wildman–Crippen LogP) is -3.99. The van der Waals surface area contributed by atoms with Crippen LogP contribution in [0.4, 0.5) is 5.95 Å². The van der Waals surface area contributed by atoms with Gasteiger partial charge in [-0.05, 0) is 0 Å². The molecule has 10 nitrogen and oxygen atoms in total. The lowest BCUT2D eigenvalue weighted by Crippen LogP contribution is -2.36. The van der Waals surface area contributed by atoms with Gasteiger partial charge in [0.2, 0.25) is 5.95 Å². The van der Waals surface area contributed by atoms with Crippen LogP contribution in [-0.4, -0.2) is 60.2 Å². The van der Waals surface area contributed by atoms with Crippen molar-refractivity contribution in [3.63, 3.8) is 0 Å². The highest BCUT2D eigenvalue weighted by Gasteiger charge is 2.43. The molecule has 1 aromatic heterocycles. The Morgan fingerprint density at radius 2 is 2.11 bits per heavy atom. The van der Waals surface area contributed by atoms with Crippen LogP contribution in [-0.2, 0) is 4.74 Å². The summed E-state index contributed by atoms with van der Waals surface area (Å²) in [5.74, 6) is -0.196. The Hall–Kier alpha value is -1.59. The highest BCUT2D eigenvalue weighted by atomic mass is 16.6. The summed E-state index contributed by atoms with van der Waals surface area (Å²) in [6, 6.07) is 0. The minimum absolute atomic E-state index is 0. The summed E-state index contributed by atoms with van der Waals surface area (Å²) in [6.07, 6.45) is -3.67. The molecule has 0 aliphatic carbocycles. The van der Waals surface area contributed by atoms with Crippen LogP contribution in [0.1, 0.15) is 6.23 Å². The van der Waals surface area contributed by atoms with Crippen molar-refractivity contribution in [1.82, 2.24) is 14.5 Å². The van der Waals surface area contributed by atoms with E-state index in [0.717, 1.165) is 10.9 Å². The van der Waals surface area contributed by atoms with Gasteiger partial charge in [0.15, 0.2) is 6.23 Å². The predicted molar refractivity (Wildman–Crippen MR) is 57.3 cm³/mol. The second kappa shape index (κ2) is 5.37. The number of nitrogens with two attached hydrogens (primary N) is 1. The molecule has 1 aliphatic rings. The van der Waals surface area contributed by atoms with Gasteiger partial charge in [-0.3, -0.25) is 4.57 Å². The minimum Gasteiger partial charge on any atom is -0.412 e. The first kappa shape index (κ1) is 14.5. The Balaban J connectivity index is 0.00000162. The lowest BCUT2D eigenvalue weighted by atomic mass is 10.1. The fourth-order valence-corrected chi connectivity index (χ4v) is 1.64. The monoisotopic (exact) mass is 262 g/mol. The van der Waals surface area contributed by atoms with E-state index in [2.05, 4.69) is 9.97 Å². The molecule has 10 heteroatoms. The van der Waals surface area contributed by atoms with Crippen LogP contribution >= 0.6 is 0 Å². The molecule has 2 heterocycles. The molecule has 0 amide bonds. The summed E-state index contributed by atoms with van der Waals surface area (Å²) in [6.45, 7) is -0.473. The number of hydrogen-bond acceptors (Lipinski definition) is 8. The van der Waals surface area contributed by atoms with Crippen LogP contribution in [0.15, 0.2) is 11.1 Å². The number of aliphatic hydroxyl groups is 3. The Labute approximate surface area is 101 Å². The highest BCUT2D eigenvalue weighted by Crippen LogP contribution is 2.27. The average molecular weight is 262 g/mol. The van der Waals surface area contributed by atoms with Crippen molar-refractivity contribution in [3.8, 4) is 0 Å². The second-order valence-electron chi connectivity index (χ2n) is 3.63. The normalized spacial score (nSPS) is 31.1. The zero-order valence-corrected chi connectivity index (χ0v) is 9.17. The van der Waals surface area contributed by atoms with Crippen LogP contribution in [0.5, 0.6) is 0 Å². The molecule has 1 fully saturated rings. The second-order valence-corrected chi connectivity index (χ2v) is 3.63. The van der Waals surface area contributed by atoms with Crippen molar-refractivity contribution in [3.05, 3.63) is 16.8 Å². The van der Waals surface area contributed by atoms with Crippen molar-refractivity contribution in [2.45, 2.75) is 24.5 Å². The fraction of sp³-hybridized carbons (Fsp3) is 0.625. The maximum absolute atomic E-state index is 11.5. The van der Waals surface area contributed by atoms with Gasteiger partial charge in [0, 0.05) is 0 Å². The van der Waals surface area contributed by atoms with E-state index in [4.69, 9.17) is 15.6 Å². The molecule has 0 unspecified atom stereocenters. The van der Waals surface area contributed by atoms with Gasteiger partial charge in [0.05, 0.1) is 6.61 Å². The molecule has 1 saturated heterocycles. The number of nitrogens with zero attached hydrogens (tertiary/aromatic N) is 3. The molecule has 0 aromatic carbocycles. The van der Waals surface area contributed by atoms with Crippen molar-refractivity contribution in [1.29, 1.82) is 0 Å². The number of aliphatic hydroxyl groups excluding tert-OH is 3. The molecule has 0 spiro atoms. The topological polar surface area (TPSA) is 175 Å². The Morgan fingerprint density at radius 1 is 1.44 bits per heavy atom. The van der Waals surface area contributed by atoms with Crippen molar-refractivity contribution >= 4 is 5.95 Å². The van der Waals surface area contributed by atoms with Gasteiger partial charge in [0.1, 0.15) is 24.6 Å². The van der Waals surface area contributed by atoms with E-state index >= 15 is 0 Å². The quantitative estimate of drug-likeness (QED) is 0.417. The number of nitrogen functional groups attached to an aromatic ring is 1. The standard InChI is InChI=1S/C8H12N4O5.H2O/c9-7-10-2-12(8(16)11-7)6-5(15)4(14)3(1-13)17-6;/h2-6,13-15H,1H2,(H2,9,11,16);1H2/t3-,4-,5-,6-;/m1./s1. The smallest absolute Gasteiger partial charge is 0.354 e. The van der Waals surface area contributed by atoms with E-state index < -0.39 is 36.8 Å². The van der Waals surface area contributed by atoms with Gasteiger partial charge in [-0.25, -0.2) is 9.78 Å². The molecule has 1 aliphatic heterocycles. The van der Waals surface area contributed by atoms with Gasteiger partial charge in [-0.15, -0.1) is 0 Å². The zero-order valence-electron chi connectivity index (χ0n) is 9.17. The largest absolute Gasteiger partial charge is 0.412 e. The Bertz CT molecular complexity index is 465. The first-order valence-corrected chi connectivity index (χ1v) is 4.87. The van der Waals surface area contributed by atoms with Gasteiger partial charge in [0.25, 0.3) is 0 Å². The van der Waals surface area contributed by atoms with E-state index in [1.165, 1.54) is 0 Å². The maximum atomic E-state index is 11.5. The molecule has 0 saturated carbocycles. The Morgan fingerprint density at radius 3 is 2.61 bits per heavy atom. The lowest BCUT2D eigenvalue weighted by molar-refractivity contribution is -0.0554. The maximum Gasteiger partial charge on any atom is 0.354 e. The van der Waals surface area contributed by atoms with Crippen molar-refractivity contribution in [2.75, 3.05) is 12.3 Å². The zero-order chi connectivity index (χ0) is 12.6.